The molecule has 3 nitrogen and oxygen atoms in total. The predicted molar refractivity (Wildman–Crippen MR) is 90.9 cm³/mol. The Morgan fingerprint density at radius 2 is 1.95 bits per heavy atom. The van der Waals surface area contributed by atoms with Crippen LogP contribution in [0.2, 0.25) is 0 Å². The first-order valence-electron chi connectivity index (χ1n) is 8.16. The largest absolute Gasteiger partial charge is 0.353 e. The van der Waals surface area contributed by atoms with Crippen LogP contribution in [0.5, 0.6) is 0 Å². The van der Waals surface area contributed by atoms with Crippen molar-refractivity contribution in [3.05, 3.63) is 22.9 Å². The molecule has 1 N–H and O–H groups in total. The van der Waals surface area contributed by atoms with Crippen molar-refractivity contribution in [1.82, 2.24) is 10.3 Å². The molecule has 0 bridgehead atoms. The standard InChI is InChI=1S/C18H31N3/c1-12-8-15(4)21(11-12)17-16(10-19-18(5,6)7)13(2)9-14(3)20-17/h9,12,15,19H,8,10-11H2,1-7H3. The van der Waals surface area contributed by atoms with Gasteiger partial charge < -0.3 is 10.2 Å². The molecule has 2 rings (SSSR count). The molecule has 1 fully saturated rings. The van der Waals surface area contributed by atoms with E-state index in [-0.39, 0.29) is 5.54 Å². The number of aromatic nitrogens is 1. The van der Waals surface area contributed by atoms with Gasteiger partial charge in [-0.15, -0.1) is 0 Å². The van der Waals surface area contributed by atoms with Crippen LogP contribution in [0.3, 0.4) is 0 Å². The van der Waals surface area contributed by atoms with Gasteiger partial charge in [0.2, 0.25) is 0 Å². The maximum atomic E-state index is 4.89. The summed E-state index contributed by atoms with van der Waals surface area (Å²) >= 11 is 0. The lowest BCUT2D eigenvalue weighted by atomic mass is 10.0. The van der Waals surface area contributed by atoms with Crippen LogP contribution >= 0.6 is 0 Å². The number of aryl methyl sites for hydroxylation is 2. The van der Waals surface area contributed by atoms with E-state index < -0.39 is 0 Å². The smallest absolute Gasteiger partial charge is 0.133 e. The van der Waals surface area contributed by atoms with E-state index in [2.05, 4.69) is 64.7 Å². The molecular formula is C18H31N3. The SMILES string of the molecule is Cc1cc(C)c(CNC(C)(C)C)c(N2CC(C)CC2C)n1. The van der Waals surface area contributed by atoms with Gasteiger partial charge in [-0.1, -0.05) is 6.92 Å². The van der Waals surface area contributed by atoms with Gasteiger partial charge in [0.25, 0.3) is 0 Å². The number of pyridine rings is 1. The van der Waals surface area contributed by atoms with E-state index in [1.54, 1.807) is 0 Å². The number of nitrogens with one attached hydrogen (secondary N) is 1. The Balaban J connectivity index is 2.34. The first kappa shape index (κ1) is 16.3. The highest BCUT2D eigenvalue weighted by molar-refractivity contribution is 5.53. The second kappa shape index (κ2) is 5.96. The number of nitrogens with zero attached hydrogens (tertiary/aromatic N) is 2. The van der Waals surface area contributed by atoms with Gasteiger partial charge >= 0.3 is 0 Å². The van der Waals surface area contributed by atoms with Gasteiger partial charge in [-0.05, 0) is 65.5 Å². The average Bonchev–Trinajstić information content (AvgIpc) is 2.65. The Hall–Kier alpha value is -1.09. The first-order valence-corrected chi connectivity index (χ1v) is 8.16. The highest BCUT2D eigenvalue weighted by atomic mass is 15.2. The zero-order chi connectivity index (χ0) is 15.8. The number of anilines is 1. The summed E-state index contributed by atoms with van der Waals surface area (Å²) < 4.78 is 0. The first-order chi connectivity index (χ1) is 9.67. The molecular weight excluding hydrogens is 258 g/mol. The Bertz CT molecular complexity index is 502. The Labute approximate surface area is 130 Å². The fraction of sp³-hybridized carbons (Fsp3) is 0.722. The fourth-order valence-corrected chi connectivity index (χ4v) is 3.25. The van der Waals surface area contributed by atoms with Crippen molar-refractivity contribution in [2.75, 3.05) is 11.4 Å². The van der Waals surface area contributed by atoms with Gasteiger partial charge in [-0.25, -0.2) is 4.98 Å². The van der Waals surface area contributed by atoms with Gasteiger partial charge in [-0.2, -0.15) is 0 Å². The summed E-state index contributed by atoms with van der Waals surface area (Å²) in [5.74, 6) is 1.95. The third-order valence-corrected chi connectivity index (χ3v) is 4.31. The molecule has 1 aromatic rings. The zero-order valence-electron chi connectivity index (χ0n) is 14.7. The van der Waals surface area contributed by atoms with Crippen molar-refractivity contribution in [1.29, 1.82) is 0 Å². The fourth-order valence-electron chi connectivity index (χ4n) is 3.25. The van der Waals surface area contributed by atoms with E-state index in [4.69, 9.17) is 4.98 Å². The van der Waals surface area contributed by atoms with Crippen molar-refractivity contribution in [2.45, 2.75) is 73.0 Å². The molecule has 118 valence electrons. The van der Waals surface area contributed by atoms with Gasteiger partial charge in [0.05, 0.1) is 0 Å². The van der Waals surface area contributed by atoms with Crippen molar-refractivity contribution in [2.24, 2.45) is 5.92 Å². The van der Waals surface area contributed by atoms with E-state index in [1.165, 1.54) is 23.4 Å². The van der Waals surface area contributed by atoms with Gasteiger partial charge in [0.1, 0.15) is 5.82 Å². The molecule has 3 heteroatoms. The minimum Gasteiger partial charge on any atom is -0.353 e. The van der Waals surface area contributed by atoms with Gasteiger partial charge in [-0.3, -0.25) is 0 Å². The Morgan fingerprint density at radius 3 is 2.48 bits per heavy atom. The molecule has 0 aromatic carbocycles. The molecule has 0 radical (unpaired) electrons. The molecule has 1 aliphatic heterocycles. The number of rotatable bonds is 3. The summed E-state index contributed by atoms with van der Waals surface area (Å²) in [6.07, 6.45) is 1.26. The summed E-state index contributed by atoms with van der Waals surface area (Å²) in [6, 6.07) is 2.79. The highest BCUT2D eigenvalue weighted by Gasteiger charge is 2.29. The maximum absolute atomic E-state index is 4.89. The van der Waals surface area contributed by atoms with Crippen LogP contribution in [-0.2, 0) is 6.54 Å². The van der Waals surface area contributed by atoms with Crippen molar-refractivity contribution < 1.29 is 0 Å². The summed E-state index contributed by atoms with van der Waals surface area (Å²) in [4.78, 5) is 7.39. The van der Waals surface area contributed by atoms with Crippen molar-refractivity contribution >= 4 is 5.82 Å². The van der Waals surface area contributed by atoms with Crippen LogP contribution in [0.15, 0.2) is 6.07 Å². The summed E-state index contributed by atoms with van der Waals surface area (Å²) in [5, 5.41) is 3.62. The topological polar surface area (TPSA) is 28.2 Å². The van der Waals surface area contributed by atoms with Crippen molar-refractivity contribution in [3.63, 3.8) is 0 Å². The predicted octanol–water partition coefficient (Wildman–Crippen LogP) is 3.82. The molecule has 1 aliphatic rings. The van der Waals surface area contributed by atoms with Crippen LogP contribution in [0, 0.1) is 19.8 Å². The minimum atomic E-state index is 0.124. The normalized spacial score (nSPS) is 22.9. The quantitative estimate of drug-likeness (QED) is 0.917. The van der Waals surface area contributed by atoms with Crippen molar-refractivity contribution in [3.8, 4) is 0 Å². The lowest BCUT2D eigenvalue weighted by Crippen LogP contribution is -2.37. The van der Waals surface area contributed by atoms with E-state index in [0.29, 0.717) is 6.04 Å². The highest BCUT2D eigenvalue weighted by Crippen LogP contribution is 2.31. The van der Waals surface area contributed by atoms with Gasteiger partial charge in [0, 0.05) is 35.9 Å². The lowest BCUT2D eigenvalue weighted by Gasteiger charge is -2.28. The molecule has 1 saturated heterocycles. The number of hydrogen-bond acceptors (Lipinski definition) is 3. The zero-order valence-corrected chi connectivity index (χ0v) is 14.7. The average molecular weight is 289 g/mol. The molecule has 0 aliphatic carbocycles. The molecule has 2 atom stereocenters. The Morgan fingerprint density at radius 1 is 1.29 bits per heavy atom. The van der Waals surface area contributed by atoms with E-state index in [9.17, 15) is 0 Å². The second-order valence-electron chi connectivity index (χ2n) is 7.83. The molecule has 1 aromatic heterocycles. The summed E-state index contributed by atoms with van der Waals surface area (Å²) in [5.41, 5.74) is 3.95. The third kappa shape index (κ3) is 3.97. The third-order valence-electron chi connectivity index (χ3n) is 4.31. The molecule has 2 unspecified atom stereocenters. The monoisotopic (exact) mass is 289 g/mol. The molecule has 0 amide bonds. The van der Waals surface area contributed by atoms with E-state index in [0.717, 1.165) is 24.7 Å². The molecule has 21 heavy (non-hydrogen) atoms. The van der Waals surface area contributed by atoms with Crippen LogP contribution in [0.4, 0.5) is 5.82 Å². The maximum Gasteiger partial charge on any atom is 0.133 e. The lowest BCUT2D eigenvalue weighted by molar-refractivity contribution is 0.423. The summed E-state index contributed by atoms with van der Waals surface area (Å²) in [6.45, 7) is 17.6. The van der Waals surface area contributed by atoms with Crippen LogP contribution in [0.25, 0.3) is 0 Å². The van der Waals surface area contributed by atoms with E-state index in [1.807, 2.05) is 0 Å². The molecule has 0 spiro atoms. The minimum absolute atomic E-state index is 0.124. The number of hydrogen-bond donors (Lipinski definition) is 1. The van der Waals surface area contributed by atoms with Crippen LogP contribution in [-0.4, -0.2) is 23.1 Å². The molecule has 0 saturated carbocycles. The Kier molecular flexibility index (Phi) is 4.62. The van der Waals surface area contributed by atoms with Crippen LogP contribution < -0.4 is 10.2 Å². The van der Waals surface area contributed by atoms with Gasteiger partial charge in [0.15, 0.2) is 0 Å². The second-order valence-corrected chi connectivity index (χ2v) is 7.83. The van der Waals surface area contributed by atoms with Crippen LogP contribution in [0.1, 0.15) is 57.9 Å². The van der Waals surface area contributed by atoms with E-state index >= 15 is 0 Å². The molecule has 2 heterocycles. The summed E-state index contributed by atoms with van der Waals surface area (Å²) in [7, 11) is 0.